The Hall–Kier alpha value is -3.06. The van der Waals surface area contributed by atoms with Gasteiger partial charge in [0.2, 0.25) is 5.91 Å². The van der Waals surface area contributed by atoms with Gasteiger partial charge in [0, 0.05) is 47.8 Å². The molecule has 0 bridgehead atoms. The Morgan fingerprint density at radius 2 is 2.00 bits per heavy atom. The SMILES string of the molecule is O=C(Cc1c[nH]c2ccccc12)NCCc1csc(-c2ncccn2)n1. The third kappa shape index (κ3) is 3.62. The first-order valence-electron chi connectivity index (χ1n) is 8.33. The third-order valence-electron chi connectivity index (χ3n) is 4.04. The first-order chi connectivity index (χ1) is 12.8. The molecule has 26 heavy (non-hydrogen) atoms. The number of nitrogens with zero attached hydrogens (tertiary/aromatic N) is 3. The van der Waals surface area contributed by atoms with Crippen molar-refractivity contribution in [2.45, 2.75) is 12.8 Å². The number of thiazole rings is 1. The number of aromatic nitrogens is 4. The zero-order chi connectivity index (χ0) is 17.8. The highest BCUT2D eigenvalue weighted by Gasteiger charge is 2.10. The molecule has 3 aromatic heterocycles. The fourth-order valence-corrected chi connectivity index (χ4v) is 3.58. The van der Waals surface area contributed by atoms with Gasteiger partial charge in [0.1, 0.15) is 0 Å². The van der Waals surface area contributed by atoms with Crippen LogP contribution in [0.3, 0.4) is 0 Å². The Morgan fingerprint density at radius 3 is 2.88 bits per heavy atom. The van der Waals surface area contributed by atoms with Crippen LogP contribution in [0.25, 0.3) is 21.7 Å². The van der Waals surface area contributed by atoms with E-state index in [-0.39, 0.29) is 5.91 Å². The molecule has 0 saturated carbocycles. The summed E-state index contributed by atoms with van der Waals surface area (Å²) in [5.74, 6) is 0.642. The second-order valence-electron chi connectivity index (χ2n) is 5.85. The van der Waals surface area contributed by atoms with Crippen LogP contribution >= 0.6 is 11.3 Å². The number of H-pyrrole nitrogens is 1. The van der Waals surface area contributed by atoms with E-state index in [1.54, 1.807) is 18.5 Å². The molecule has 4 rings (SSSR count). The molecule has 0 aliphatic heterocycles. The molecule has 0 aliphatic carbocycles. The smallest absolute Gasteiger partial charge is 0.224 e. The molecule has 0 fully saturated rings. The predicted molar refractivity (Wildman–Crippen MR) is 102 cm³/mol. The van der Waals surface area contributed by atoms with Gasteiger partial charge >= 0.3 is 0 Å². The normalized spacial score (nSPS) is 10.9. The van der Waals surface area contributed by atoms with Crippen LogP contribution < -0.4 is 5.32 Å². The highest BCUT2D eigenvalue weighted by molar-refractivity contribution is 7.13. The Bertz CT molecular complexity index is 1020. The van der Waals surface area contributed by atoms with Gasteiger partial charge in [-0.1, -0.05) is 18.2 Å². The van der Waals surface area contributed by atoms with Crippen LogP contribution in [0.4, 0.5) is 0 Å². The number of para-hydroxylation sites is 1. The maximum atomic E-state index is 12.2. The molecule has 1 aromatic carbocycles. The second-order valence-corrected chi connectivity index (χ2v) is 6.71. The van der Waals surface area contributed by atoms with Crippen molar-refractivity contribution in [3.05, 3.63) is 65.6 Å². The van der Waals surface area contributed by atoms with Gasteiger partial charge in [0.15, 0.2) is 10.8 Å². The van der Waals surface area contributed by atoms with Gasteiger partial charge in [0.05, 0.1) is 12.1 Å². The molecule has 130 valence electrons. The van der Waals surface area contributed by atoms with Gasteiger partial charge in [-0.2, -0.15) is 0 Å². The summed E-state index contributed by atoms with van der Waals surface area (Å²) in [5, 5.41) is 6.84. The monoisotopic (exact) mass is 363 g/mol. The number of carbonyl (C=O) groups excluding carboxylic acids is 1. The second kappa shape index (κ2) is 7.45. The minimum atomic E-state index is 0.0107. The topological polar surface area (TPSA) is 83.6 Å². The van der Waals surface area contributed by atoms with E-state index in [1.807, 2.05) is 35.8 Å². The van der Waals surface area contributed by atoms with E-state index in [0.29, 0.717) is 25.2 Å². The van der Waals surface area contributed by atoms with Crippen LogP contribution in [0.5, 0.6) is 0 Å². The van der Waals surface area contributed by atoms with Gasteiger partial charge in [-0.25, -0.2) is 15.0 Å². The number of hydrogen-bond acceptors (Lipinski definition) is 5. The largest absolute Gasteiger partial charge is 0.361 e. The van der Waals surface area contributed by atoms with Crippen molar-refractivity contribution in [3.8, 4) is 10.8 Å². The molecule has 0 saturated heterocycles. The summed E-state index contributed by atoms with van der Waals surface area (Å²) >= 11 is 1.51. The Labute approximate surface area is 154 Å². The molecule has 0 aliphatic rings. The Morgan fingerprint density at radius 1 is 1.15 bits per heavy atom. The maximum absolute atomic E-state index is 12.2. The van der Waals surface area contributed by atoms with Gasteiger partial charge < -0.3 is 10.3 Å². The highest BCUT2D eigenvalue weighted by Crippen LogP contribution is 2.20. The molecule has 2 N–H and O–H groups in total. The minimum absolute atomic E-state index is 0.0107. The Balaban J connectivity index is 1.31. The standard InChI is InChI=1S/C19H17N5OS/c25-17(10-13-11-23-16-5-2-1-4-15(13)16)20-9-6-14-12-26-19(24-14)18-21-7-3-8-22-18/h1-5,7-8,11-12,23H,6,9-10H2,(H,20,25). The lowest BCUT2D eigenvalue weighted by atomic mass is 10.1. The van der Waals surface area contributed by atoms with E-state index in [2.05, 4.69) is 25.3 Å². The van der Waals surface area contributed by atoms with E-state index < -0.39 is 0 Å². The summed E-state index contributed by atoms with van der Waals surface area (Å²) < 4.78 is 0. The van der Waals surface area contributed by atoms with Crippen LogP contribution in [0.2, 0.25) is 0 Å². The number of carbonyl (C=O) groups is 1. The fraction of sp³-hybridized carbons (Fsp3) is 0.158. The summed E-state index contributed by atoms with van der Waals surface area (Å²) in [6, 6.07) is 9.77. The molecule has 1 amide bonds. The zero-order valence-electron chi connectivity index (χ0n) is 14.0. The summed E-state index contributed by atoms with van der Waals surface area (Å²) in [7, 11) is 0. The minimum Gasteiger partial charge on any atom is -0.361 e. The zero-order valence-corrected chi connectivity index (χ0v) is 14.8. The quantitative estimate of drug-likeness (QED) is 0.552. The van der Waals surface area contributed by atoms with Crippen molar-refractivity contribution in [1.82, 2.24) is 25.3 Å². The van der Waals surface area contributed by atoms with Crippen molar-refractivity contribution in [2.24, 2.45) is 0 Å². The molecule has 0 atom stereocenters. The Kier molecular flexibility index (Phi) is 4.70. The van der Waals surface area contributed by atoms with Gasteiger partial charge in [0.25, 0.3) is 0 Å². The number of fused-ring (bicyclic) bond motifs is 1. The van der Waals surface area contributed by atoms with E-state index in [0.717, 1.165) is 27.2 Å². The lowest BCUT2D eigenvalue weighted by Gasteiger charge is -2.03. The summed E-state index contributed by atoms with van der Waals surface area (Å²) in [6.45, 7) is 0.556. The van der Waals surface area contributed by atoms with E-state index in [4.69, 9.17) is 0 Å². The first-order valence-corrected chi connectivity index (χ1v) is 9.21. The number of hydrogen-bond donors (Lipinski definition) is 2. The molecule has 6 nitrogen and oxygen atoms in total. The number of aromatic amines is 1. The van der Waals surface area contributed by atoms with Gasteiger partial charge in [-0.3, -0.25) is 4.79 Å². The number of rotatable bonds is 6. The van der Waals surface area contributed by atoms with E-state index >= 15 is 0 Å². The van der Waals surface area contributed by atoms with Crippen LogP contribution in [-0.4, -0.2) is 32.4 Å². The van der Waals surface area contributed by atoms with Crippen molar-refractivity contribution in [2.75, 3.05) is 6.54 Å². The third-order valence-corrected chi connectivity index (χ3v) is 4.93. The average Bonchev–Trinajstić information content (AvgIpc) is 3.30. The molecule has 7 heteroatoms. The fourth-order valence-electron chi connectivity index (χ4n) is 2.78. The van der Waals surface area contributed by atoms with Crippen molar-refractivity contribution < 1.29 is 4.79 Å². The van der Waals surface area contributed by atoms with Crippen LogP contribution in [-0.2, 0) is 17.6 Å². The molecule has 3 heterocycles. The summed E-state index contributed by atoms with van der Waals surface area (Å²) in [6.07, 6.45) is 6.35. The summed E-state index contributed by atoms with van der Waals surface area (Å²) in [5.41, 5.74) is 2.99. The van der Waals surface area contributed by atoms with Crippen LogP contribution in [0, 0.1) is 0 Å². The molecule has 0 radical (unpaired) electrons. The lowest BCUT2D eigenvalue weighted by molar-refractivity contribution is -0.120. The van der Waals surface area contributed by atoms with Gasteiger partial charge in [-0.05, 0) is 17.7 Å². The molecular weight excluding hydrogens is 346 g/mol. The van der Waals surface area contributed by atoms with Crippen LogP contribution in [0.1, 0.15) is 11.3 Å². The highest BCUT2D eigenvalue weighted by atomic mass is 32.1. The van der Waals surface area contributed by atoms with Gasteiger partial charge in [-0.15, -0.1) is 11.3 Å². The number of nitrogens with one attached hydrogen (secondary N) is 2. The lowest BCUT2D eigenvalue weighted by Crippen LogP contribution is -2.27. The molecular formula is C19H17N5OS. The van der Waals surface area contributed by atoms with Crippen LogP contribution in [0.15, 0.2) is 54.3 Å². The first kappa shape index (κ1) is 16.4. The average molecular weight is 363 g/mol. The molecule has 0 unspecified atom stereocenters. The van der Waals surface area contributed by atoms with E-state index in [1.165, 1.54) is 11.3 Å². The predicted octanol–water partition coefficient (Wildman–Crippen LogP) is 2.98. The van der Waals surface area contributed by atoms with Crippen molar-refractivity contribution in [1.29, 1.82) is 0 Å². The molecule has 0 spiro atoms. The molecule has 4 aromatic rings. The van der Waals surface area contributed by atoms with Crippen molar-refractivity contribution >= 4 is 28.1 Å². The number of benzene rings is 1. The number of amides is 1. The van der Waals surface area contributed by atoms with E-state index in [9.17, 15) is 4.79 Å². The summed E-state index contributed by atoms with van der Waals surface area (Å²) in [4.78, 5) is 28.3. The maximum Gasteiger partial charge on any atom is 0.224 e. The van der Waals surface area contributed by atoms with Crippen molar-refractivity contribution in [3.63, 3.8) is 0 Å².